The molecule has 0 amide bonds. The second kappa shape index (κ2) is 6.56. The smallest absolute Gasteiger partial charge is 0.229 e. The van der Waals surface area contributed by atoms with Crippen LogP contribution in [0.5, 0.6) is 5.75 Å². The van der Waals surface area contributed by atoms with Crippen LogP contribution in [0.1, 0.15) is 0 Å². The number of fused-ring (bicyclic) bond motifs is 1. The maximum absolute atomic E-state index is 10.0. The van der Waals surface area contributed by atoms with E-state index in [2.05, 4.69) is 20.9 Å². The normalized spacial score (nSPS) is 31.5. The van der Waals surface area contributed by atoms with E-state index in [9.17, 15) is 20.4 Å². The van der Waals surface area contributed by atoms with E-state index in [0.29, 0.717) is 20.6 Å². The average Bonchev–Trinajstić information content (AvgIpc) is 2.90. The molecule has 23 heavy (non-hydrogen) atoms. The van der Waals surface area contributed by atoms with Crippen molar-refractivity contribution in [2.24, 2.45) is 0 Å². The SMILES string of the molecule is OC[C@@H]1O[C@H](Oc2c[nH]c3cc(Cl)c(Br)cc23)[C@H](O)[C@H](O)[C@@H]1O. The fraction of sp³-hybridized carbons (Fsp3) is 0.429. The molecule has 1 aromatic heterocycles. The second-order valence-corrected chi connectivity index (χ2v) is 6.54. The highest BCUT2D eigenvalue weighted by Gasteiger charge is 2.44. The number of benzene rings is 1. The molecule has 0 bridgehead atoms. The van der Waals surface area contributed by atoms with Gasteiger partial charge in [0.1, 0.15) is 30.2 Å². The van der Waals surface area contributed by atoms with Gasteiger partial charge in [-0.05, 0) is 28.1 Å². The Hall–Kier alpha value is -0.870. The highest BCUT2D eigenvalue weighted by atomic mass is 79.9. The average molecular weight is 409 g/mol. The molecule has 2 heterocycles. The van der Waals surface area contributed by atoms with E-state index < -0.39 is 37.3 Å². The van der Waals surface area contributed by atoms with Gasteiger partial charge in [0.25, 0.3) is 0 Å². The van der Waals surface area contributed by atoms with Crippen molar-refractivity contribution in [3.8, 4) is 5.75 Å². The van der Waals surface area contributed by atoms with Crippen LogP contribution in [-0.4, -0.2) is 62.7 Å². The van der Waals surface area contributed by atoms with Gasteiger partial charge >= 0.3 is 0 Å². The van der Waals surface area contributed by atoms with Gasteiger partial charge in [-0.1, -0.05) is 11.6 Å². The van der Waals surface area contributed by atoms with Crippen LogP contribution in [0.15, 0.2) is 22.8 Å². The Morgan fingerprint density at radius 3 is 2.65 bits per heavy atom. The Morgan fingerprint density at radius 1 is 1.22 bits per heavy atom. The topological polar surface area (TPSA) is 115 Å². The fourth-order valence-corrected chi connectivity index (χ4v) is 2.99. The van der Waals surface area contributed by atoms with Gasteiger partial charge in [-0.2, -0.15) is 0 Å². The van der Waals surface area contributed by atoms with E-state index in [1.165, 1.54) is 0 Å². The zero-order chi connectivity index (χ0) is 16.7. The number of aliphatic hydroxyl groups excluding tert-OH is 4. The van der Waals surface area contributed by atoms with Gasteiger partial charge in [0.2, 0.25) is 6.29 Å². The Balaban J connectivity index is 1.88. The summed E-state index contributed by atoms with van der Waals surface area (Å²) in [5.41, 5.74) is 0.720. The van der Waals surface area contributed by atoms with E-state index in [-0.39, 0.29) is 0 Å². The van der Waals surface area contributed by atoms with Crippen LogP contribution in [0.2, 0.25) is 5.02 Å². The van der Waals surface area contributed by atoms with Crippen LogP contribution >= 0.6 is 27.5 Å². The van der Waals surface area contributed by atoms with Gasteiger partial charge in [0.15, 0.2) is 0 Å². The Bertz CT molecular complexity index is 708. The fourth-order valence-electron chi connectivity index (χ4n) is 2.48. The minimum absolute atomic E-state index is 0.377. The number of hydrogen-bond acceptors (Lipinski definition) is 6. The maximum atomic E-state index is 10.0. The summed E-state index contributed by atoms with van der Waals surface area (Å²) in [4.78, 5) is 2.98. The molecule has 1 fully saturated rings. The van der Waals surface area contributed by atoms with E-state index in [4.69, 9.17) is 21.1 Å². The molecule has 0 unspecified atom stereocenters. The molecule has 1 aromatic carbocycles. The molecular weight excluding hydrogens is 394 g/mol. The number of H-pyrrole nitrogens is 1. The van der Waals surface area contributed by atoms with Crippen molar-refractivity contribution in [3.63, 3.8) is 0 Å². The van der Waals surface area contributed by atoms with Crippen LogP contribution in [-0.2, 0) is 4.74 Å². The lowest BCUT2D eigenvalue weighted by Crippen LogP contribution is -2.60. The molecule has 7 nitrogen and oxygen atoms in total. The van der Waals surface area contributed by atoms with E-state index in [1.54, 1.807) is 18.3 Å². The predicted octanol–water partition coefficient (Wildman–Crippen LogP) is 0.762. The number of hydrogen-bond donors (Lipinski definition) is 5. The molecule has 0 radical (unpaired) electrons. The van der Waals surface area contributed by atoms with Crippen molar-refractivity contribution in [1.29, 1.82) is 0 Å². The first kappa shape index (κ1) is 17.0. The summed E-state index contributed by atoms with van der Waals surface area (Å²) in [6, 6.07) is 3.45. The highest BCUT2D eigenvalue weighted by Crippen LogP contribution is 2.34. The van der Waals surface area contributed by atoms with Crippen LogP contribution in [0, 0.1) is 0 Å². The van der Waals surface area contributed by atoms with Crippen molar-refractivity contribution < 1.29 is 29.9 Å². The lowest BCUT2D eigenvalue weighted by molar-refractivity contribution is -0.277. The summed E-state index contributed by atoms with van der Waals surface area (Å²) in [6.45, 7) is -0.514. The minimum atomic E-state index is -1.49. The molecule has 1 aliphatic rings. The number of halogens is 2. The largest absolute Gasteiger partial charge is 0.460 e. The van der Waals surface area contributed by atoms with Crippen LogP contribution in [0.3, 0.4) is 0 Å². The van der Waals surface area contributed by atoms with Gasteiger partial charge in [0.05, 0.1) is 17.1 Å². The van der Waals surface area contributed by atoms with Crippen molar-refractivity contribution in [2.75, 3.05) is 6.61 Å². The van der Waals surface area contributed by atoms with Crippen LogP contribution in [0.25, 0.3) is 10.9 Å². The van der Waals surface area contributed by atoms with Crippen molar-refractivity contribution in [2.45, 2.75) is 30.7 Å². The third-order valence-corrected chi connectivity index (χ3v) is 4.97. The first-order valence-corrected chi connectivity index (χ1v) is 8.02. The molecule has 0 aliphatic carbocycles. The first-order chi connectivity index (χ1) is 10.9. The molecule has 3 rings (SSSR count). The Labute approximate surface area is 144 Å². The lowest BCUT2D eigenvalue weighted by Gasteiger charge is -2.39. The van der Waals surface area contributed by atoms with Gasteiger partial charge < -0.3 is 34.9 Å². The zero-order valence-corrected chi connectivity index (χ0v) is 14.0. The molecule has 1 aliphatic heterocycles. The van der Waals surface area contributed by atoms with Gasteiger partial charge in [-0.3, -0.25) is 0 Å². The number of aromatic amines is 1. The molecule has 0 saturated carbocycles. The molecule has 2 aromatic rings. The quantitative estimate of drug-likeness (QED) is 0.512. The van der Waals surface area contributed by atoms with Crippen molar-refractivity contribution >= 4 is 38.4 Å². The molecule has 5 atom stereocenters. The maximum Gasteiger partial charge on any atom is 0.229 e. The summed E-state index contributed by atoms with van der Waals surface area (Å²) in [5.74, 6) is 0.377. The van der Waals surface area contributed by atoms with Gasteiger partial charge in [-0.25, -0.2) is 0 Å². The van der Waals surface area contributed by atoms with Gasteiger partial charge in [0, 0.05) is 16.1 Å². The highest BCUT2D eigenvalue weighted by molar-refractivity contribution is 9.10. The molecule has 9 heteroatoms. The van der Waals surface area contributed by atoms with Crippen LogP contribution < -0.4 is 4.74 Å². The molecule has 5 N–H and O–H groups in total. The summed E-state index contributed by atoms with van der Waals surface area (Å²) < 4.78 is 11.6. The number of aliphatic hydroxyl groups is 4. The minimum Gasteiger partial charge on any atom is -0.460 e. The number of ether oxygens (including phenoxy) is 2. The first-order valence-electron chi connectivity index (χ1n) is 6.85. The van der Waals surface area contributed by atoms with Crippen LogP contribution in [0.4, 0.5) is 0 Å². The summed E-state index contributed by atoms with van der Waals surface area (Å²) in [7, 11) is 0. The molecule has 0 spiro atoms. The monoisotopic (exact) mass is 407 g/mol. The zero-order valence-electron chi connectivity index (χ0n) is 11.7. The van der Waals surface area contributed by atoms with Crippen molar-refractivity contribution in [3.05, 3.63) is 27.8 Å². The Kier molecular flexibility index (Phi) is 4.84. The molecular formula is C14H15BrClNO6. The molecule has 1 saturated heterocycles. The van der Waals surface area contributed by atoms with E-state index in [1.807, 2.05) is 0 Å². The van der Waals surface area contributed by atoms with Gasteiger partial charge in [-0.15, -0.1) is 0 Å². The standard InChI is InChI=1S/C14H15BrClNO6/c15-6-1-5-8(2-7(6)16)17-3-9(5)22-14-13(21)12(20)11(19)10(4-18)23-14/h1-3,10-14,17-21H,4H2/t10-,11+,12+,13+,14-/m0/s1. The van der Waals surface area contributed by atoms with E-state index in [0.717, 1.165) is 5.52 Å². The molecule has 126 valence electrons. The summed E-state index contributed by atoms with van der Waals surface area (Å²) in [6.07, 6.45) is -5.07. The Morgan fingerprint density at radius 2 is 1.96 bits per heavy atom. The number of nitrogens with one attached hydrogen (secondary N) is 1. The number of aromatic nitrogens is 1. The summed E-state index contributed by atoms with van der Waals surface area (Å²) >= 11 is 9.35. The predicted molar refractivity (Wildman–Crippen MR) is 85.4 cm³/mol. The van der Waals surface area contributed by atoms with E-state index >= 15 is 0 Å². The summed E-state index contributed by atoms with van der Waals surface area (Å²) in [5, 5.41) is 40.0. The number of rotatable bonds is 3. The lowest BCUT2D eigenvalue weighted by atomic mass is 9.99. The third kappa shape index (κ3) is 3.08. The third-order valence-electron chi connectivity index (χ3n) is 3.78. The van der Waals surface area contributed by atoms with Crippen molar-refractivity contribution in [1.82, 2.24) is 4.98 Å². The second-order valence-electron chi connectivity index (χ2n) is 5.28.